The minimum atomic E-state index is -0.404. The van der Waals surface area contributed by atoms with Crippen LogP contribution >= 0.6 is 23.5 Å². The Hall–Kier alpha value is -0.670. The van der Waals surface area contributed by atoms with E-state index in [1.165, 1.54) is 0 Å². The van der Waals surface area contributed by atoms with Gasteiger partial charge in [-0.2, -0.15) is 0 Å². The van der Waals surface area contributed by atoms with Crippen molar-refractivity contribution in [3.05, 3.63) is 15.8 Å². The van der Waals surface area contributed by atoms with E-state index in [9.17, 15) is 9.90 Å². The minimum absolute atomic E-state index is 0.216. The number of hydrogen-bond donors (Lipinski definition) is 1. The van der Waals surface area contributed by atoms with Gasteiger partial charge in [0.15, 0.2) is 4.98 Å². The van der Waals surface area contributed by atoms with Gasteiger partial charge in [-0.3, -0.25) is 4.79 Å². The van der Waals surface area contributed by atoms with E-state index in [2.05, 4.69) is 4.98 Å². The van der Waals surface area contributed by atoms with E-state index in [1.54, 1.807) is 0 Å². The van der Waals surface area contributed by atoms with Crippen molar-refractivity contribution in [2.24, 2.45) is 0 Å². The zero-order valence-corrected chi connectivity index (χ0v) is 8.20. The molecule has 1 N–H and O–H groups in total. The van der Waals surface area contributed by atoms with Gasteiger partial charge in [0.1, 0.15) is 0 Å². The predicted octanol–water partition coefficient (Wildman–Crippen LogP) is 2.31. The third-order valence-corrected chi connectivity index (χ3v) is 3.43. The summed E-state index contributed by atoms with van der Waals surface area (Å²) in [6, 6.07) is 0. The third kappa shape index (κ3) is 1.73. The Labute approximate surface area is 78.0 Å². The highest BCUT2D eigenvalue weighted by molar-refractivity contribution is 8.28. The second-order valence-corrected chi connectivity index (χ2v) is 6.11. The molecule has 1 aliphatic heterocycles. The molecule has 0 radical (unpaired) electrons. The molecule has 1 aliphatic rings. The van der Waals surface area contributed by atoms with E-state index < -0.39 is 9.19 Å². The lowest BCUT2D eigenvalue weighted by Gasteiger charge is -2.22. The fourth-order valence-corrected chi connectivity index (χ4v) is 2.82. The maximum absolute atomic E-state index is 11.1. The van der Waals surface area contributed by atoms with Crippen molar-refractivity contribution in [1.29, 1.82) is 5.39 Å². The molecular formula is C6H7N2O2S2+. The summed E-state index contributed by atoms with van der Waals surface area (Å²) in [4.78, 5) is 13.8. The molecule has 1 rings (SSSR count). The highest BCUT2D eigenvalue weighted by atomic mass is 32.2. The zero-order chi connectivity index (χ0) is 9.35. The van der Waals surface area contributed by atoms with Gasteiger partial charge >= 0.3 is 10.8 Å². The average molecular weight is 203 g/mol. The molecule has 64 valence electrons. The Morgan fingerprint density at radius 2 is 2.08 bits per heavy atom. The molecule has 12 heavy (non-hydrogen) atoms. The largest absolute Gasteiger partial charge is 0.496 e. The maximum atomic E-state index is 11.1. The molecule has 0 saturated carbocycles. The van der Waals surface area contributed by atoms with Crippen molar-refractivity contribution in [2.45, 2.75) is 17.9 Å². The third-order valence-electron chi connectivity index (χ3n) is 1.18. The van der Waals surface area contributed by atoms with Crippen LogP contribution in [0.3, 0.4) is 0 Å². The monoisotopic (exact) mass is 203 g/mol. The van der Waals surface area contributed by atoms with E-state index >= 15 is 0 Å². The van der Waals surface area contributed by atoms with Gasteiger partial charge < -0.3 is 5.11 Å². The van der Waals surface area contributed by atoms with E-state index in [0.717, 1.165) is 23.5 Å². The standard InChI is InChI=1S/C6H6N2O2S2/c1-6(2)11-4(9)3(8-7)5(10)12-6/h1-2H3/p+1. The van der Waals surface area contributed by atoms with Gasteiger partial charge in [0.25, 0.3) is 5.09 Å². The van der Waals surface area contributed by atoms with Crippen molar-refractivity contribution in [3.63, 3.8) is 0 Å². The summed E-state index contributed by atoms with van der Waals surface area (Å²) in [7, 11) is 0. The van der Waals surface area contributed by atoms with Crippen LogP contribution in [0.5, 0.6) is 0 Å². The lowest BCUT2D eigenvalue weighted by molar-refractivity contribution is -0.107. The van der Waals surface area contributed by atoms with Gasteiger partial charge in [-0.05, 0) is 13.8 Å². The molecular weight excluding hydrogens is 196 g/mol. The van der Waals surface area contributed by atoms with Crippen molar-refractivity contribution in [1.82, 2.24) is 0 Å². The van der Waals surface area contributed by atoms with Crippen LogP contribution in [0.2, 0.25) is 0 Å². The second kappa shape index (κ2) is 2.99. The zero-order valence-electron chi connectivity index (χ0n) is 6.57. The van der Waals surface area contributed by atoms with E-state index in [-0.39, 0.29) is 10.8 Å². The first-order valence-corrected chi connectivity index (χ1v) is 4.80. The van der Waals surface area contributed by atoms with Crippen molar-refractivity contribution >= 4 is 28.6 Å². The lowest BCUT2D eigenvalue weighted by atomic mass is 10.5. The summed E-state index contributed by atoms with van der Waals surface area (Å²) < 4.78 is -0.393. The normalized spacial score (nSPS) is 22.2. The van der Waals surface area contributed by atoms with Crippen LogP contribution in [0, 0.1) is 5.39 Å². The number of carbonyl (C=O) groups excluding carboxylic acids is 1. The molecule has 0 fully saturated rings. The first-order valence-electron chi connectivity index (χ1n) is 3.17. The quantitative estimate of drug-likeness (QED) is 0.612. The van der Waals surface area contributed by atoms with Gasteiger partial charge in [0.05, 0.1) is 4.08 Å². The summed E-state index contributed by atoms with van der Waals surface area (Å²) in [6.07, 6.45) is 0. The van der Waals surface area contributed by atoms with Crippen molar-refractivity contribution in [3.8, 4) is 0 Å². The molecule has 0 aromatic carbocycles. The molecule has 0 saturated heterocycles. The van der Waals surface area contributed by atoms with Crippen LogP contribution in [0.4, 0.5) is 0 Å². The van der Waals surface area contributed by atoms with Crippen LogP contribution in [0.15, 0.2) is 10.8 Å². The SMILES string of the molecule is CC1(C)SC(=O)C([N+]#N)=C(O)S1. The maximum Gasteiger partial charge on any atom is 0.486 e. The molecule has 0 aromatic heterocycles. The molecule has 6 heteroatoms. The molecule has 0 atom stereocenters. The number of hydrogen-bond acceptors (Lipinski definition) is 5. The Morgan fingerprint density at radius 1 is 1.50 bits per heavy atom. The number of rotatable bonds is 0. The first kappa shape index (κ1) is 9.42. The molecule has 0 amide bonds. The smallest absolute Gasteiger partial charge is 0.486 e. The fourth-order valence-electron chi connectivity index (χ4n) is 0.744. The van der Waals surface area contributed by atoms with Gasteiger partial charge in [0, 0.05) is 0 Å². The fraction of sp³-hybridized carbons (Fsp3) is 0.500. The summed E-state index contributed by atoms with van der Waals surface area (Å²) in [5.74, 6) is 0. The first-order chi connectivity index (χ1) is 5.46. The summed E-state index contributed by atoms with van der Waals surface area (Å²) in [5.41, 5.74) is -0.260. The highest BCUT2D eigenvalue weighted by Gasteiger charge is 2.42. The predicted molar refractivity (Wildman–Crippen MR) is 49.0 cm³/mol. The Bertz CT molecular complexity index is 303. The molecule has 1 heterocycles. The van der Waals surface area contributed by atoms with Gasteiger partial charge in [0.2, 0.25) is 5.39 Å². The van der Waals surface area contributed by atoms with Crippen LogP contribution in [0.1, 0.15) is 13.8 Å². The van der Waals surface area contributed by atoms with Gasteiger partial charge in [-0.15, -0.1) is 0 Å². The van der Waals surface area contributed by atoms with Crippen LogP contribution in [-0.2, 0) is 4.79 Å². The van der Waals surface area contributed by atoms with Gasteiger partial charge in [-0.25, -0.2) is 0 Å². The number of thioether (sulfide) groups is 2. The van der Waals surface area contributed by atoms with Crippen LogP contribution in [0.25, 0.3) is 4.98 Å². The second-order valence-electron chi connectivity index (χ2n) is 2.65. The van der Waals surface area contributed by atoms with E-state index in [1.807, 2.05) is 13.8 Å². The van der Waals surface area contributed by atoms with Crippen LogP contribution < -0.4 is 0 Å². The number of diazo groups is 1. The number of aliphatic hydroxyl groups excluding tert-OH is 1. The molecule has 0 aliphatic carbocycles. The van der Waals surface area contributed by atoms with Gasteiger partial charge in [-0.1, -0.05) is 23.5 Å². The van der Waals surface area contributed by atoms with Crippen LogP contribution in [-0.4, -0.2) is 14.3 Å². The molecule has 0 spiro atoms. The molecule has 0 aromatic rings. The Morgan fingerprint density at radius 3 is 2.50 bits per heavy atom. The van der Waals surface area contributed by atoms with E-state index in [4.69, 9.17) is 5.39 Å². The topological polar surface area (TPSA) is 65.5 Å². The molecule has 4 nitrogen and oxygen atoms in total. The summed E-state index contributed by atoms with van der Waals surface area (Å²) >= 11 is 2.14. The Kier molecular flexibility index (Phi) is 2.35. The lowest BCUT2D eigenvalue weighted by Crippen LogP contribution is -2.19. The van der Waals surface area contributed by atoms with Crippen molar-refractivity contribution in [2.75, 3.05) is 0 Å². The summed E-state index contributed by atoms with van der Waals surface area (Å²) in [5, 5.41) is 17.0. The number of nitrogens with zero attached hydrogens (tertiary/aromatic N) is 2. The van der Waals surface area contributed by atoms with Crippen molar-refractivity contribution < 1.29 is 9.90 Å². The molecule has 0 unspecified atom stereocenters. The minimum Gasteiger partial charge on any atom is -0.496 e. The summed E-state index contributed by atoms with van der Waals surface area (Å²) in [6.45, 7) is 3.62. The average Bonchev–Trinajstić information content (AvgIpc) is 1.82. The number of carbonyl (C=O) groups is 1. The molecule has 0 bridgehead atoms. The number of aliphatic hydroxyl groups is 1. The highest BCUT2D eigenvalue weighted by Crippen LogP contribution is 2.47. The van der Waals surface area contributed by atoms with E-state index in [0.29, 0.717) is 0 Å². The Balaban J connectivity index is 3.05.